The summed E-state index contributed by atoms with van der Waals surface area (Å²) < 4.78 is 76.4. The average molecular weight is 990 g/mol. The summed E-state index contributed by atoms with van der Waals surface area (Å²) in [6.07, 6.45) is 0.0141. The van der Waals surface area contributed by atoms with Gasteiger partial charge in [0.2, 0.25) is 5.95 Å². The molecule has 2 unspecified atom stereocenters. The average Bonchev–Trinajstić information content (AvgIpc) is 3.78. The third-order valence-corrected chi connectivity index (χ3v) is 14.5. The number of hydrogen-bond acceptors (Lipinski definition) is 15. The fourth-order valence-electron chi connectivity index (χ4n) is 7.05. The summed E-state index contributed by atoms with van der Waals surface area (Å²) in [4.78, 5) is 50.0. The van der Waals surface area contributed by atoms with Crippen molar-refractivity contribution in [3.63, 3.8) is 0 Å². The molecular weight excluding hydrogens is 941 g/mol. The second kappa shape index (κ2) is 22.5. The molecule has 8 aromatic rings. The van der Waals surface area contributed by atoms with Crippen molar-refractivity contribution in [2.45, 2.75) is 26.0 Å². The van der Waals surface area contributed by atoms with E-state index in [1.54, 1.807) is 72.8 Å². The number of fused-ring (bicyclic) bond motifs is 3. The van der Waals surface area contributed by atoms with E-state index in [0.717, 1.165) is 31.2 Å². The van der Waals surface area contributed by atoms with Gasteiger partial charge in [-0.3, -0.25) is 33.0 Å². The van der Waals surface area contributed by atoms with Gasteiger partial charge < -0.3 is 29.0 Å². The molecule has 0 fully saturated rings. The number of carbonyl (C=O) groups excluding carboxylic acids is 2. The number of nitrogens with one attached hydrogen (secondary N) is 1. The first-order valence-corrected chi connectivity index (χ1v) is 24.8. The predicted molar refractivity (Wildman–Crippen MR) is 261 cm³/mol. The van der Waals surface area contributed by atoms with E-state index in [1.165, 1.54) is 25.0 Å². The van der Waals surface area contributed by atoms with Gasteiger partial charge in [-0.15, -0.1) is 0 Å². The number of aromatic nitrogens is 4. The zero-order valence-corrected chi connectivity index (χ0v) is 39.9. The molecule has 2 atom stereocenters. The van der Waals surface area contributed by atoms with Gasteiger partial charge in [-0.1, -0.05) is 133 Å². The van der Waals surface area contributed by atoms with Crippen molar-refractivity contribution in [2.75, 3.05) is 46.1 Å². The fourth-order valence-corrected chi connectivity index (χ4v) is 9.93. The Balaban J connectivity index is 1.09. The molecule has 0 radical (unpaired) electrons. The van der Waals surface area contributed by atoms with Crippen molar-refractivity contribution < 1.29 is 51.0 Å². The highest BCUT2D eigenvalue weighted by atomic mass is 31.2. The van der Waals surface area contributed by atoms with Crippen LogP contribution < -0.4 is 20.3 Å². The summed E-state index contributed by atoms with van der Waals surface area (Å²) in [5.74, 6) is -1.24. The molecule has 0 bridgehead atoms. The van der Waals surface area contributed by atoms with Crippen molar-refractivity contribution in [1.82, 2.24) is 28.9 Å². The SMILES string of the molecule is CN(CC(=O)OCc1ccccc1)P(=O)(OCC(COP(=O)(Oc1cccc2ccccc12)N(C)CC(=O)OCc1ccccc1)OCn1cnc2c(=O)[nH]c(N)nc21)Oc1cccc2ccccc12. The van der Waals surface area contributed by atoms with Gasteiger partial charge in [-0.25, -0.2) is 14.1 Å². The number of likely N-dealkylation sites (N-methyl/N-ethyl adjacent to an activating group) is 2. The van der Waals surface area contributed by atoms with E-state index < -0.39 is 65.4 Å². The zero-order valence-electron chi connectivity index (χ0n) is 38.1. The van der Waals surface area contributed by atoms with Gasteiger partial charge in [0.1, 0.15) is 50.6 Å². The number of aromatic amines is 1. The number of nitrogen functional groups attached to an aromatic ring is 1. The maximum atomic E-state index is 15.2. The highest BCUT2D eigenvalue weighted by Crippen LogP contribution is 2.54. The van der Waals surface area contributed by atoms with Gasteiger partial charge >= 0.3 is 27.4 Å². The molecule has 70 heavy (non-hydrogen) atoms. The van der Waals surface area contributed by atoms with E-state index in [1.807, 2.05) is 72.8 Å². The van der Waals surface area contributed by atoms with Gasteiger partial charge in [0, 0.05) is 10.8 Å². The van der Waals surface area contributed by atoms with E-state index in [0.29, 0.717) is 10.8 Å². The molecule has 362 valence electrons. The van der Waals surface area contributed by atoms with Crippen molar-refractivity contribution in [2.24, 2.45) is 0 Å². The van der Waals surface area contributed by atoms with Crippen LogP contribution in [0.4, 0.5) is 5.95 Å². The first-order valence-electron chi connectivity index (χ1n) is 21.8. The standard InChI is InChI=1S/C49H49N7O12P2/c1-54(27-44(57)62-29-35-15-5-3-6-16-35)69(60,67-42-25-13-21-37-19-9-11-23-40(37)42)65-31-39(64-34-56-33-51-46-47(56)52-49(50)53-48(46)59)32-66-70(61,68-43-26-14-22-38-20-10-12-24-41(38)43)55(2)28-45(58)63-30-36-17-7-4-8-18-36/h3-26,33,39H,27-32,34H2,1-2H3,(H3,50,52,53,59). The summed E-state index contributed by atoms with van der Waals surface area (Å²) in [5, 5.41) is 2.77. The number of hydrogen-bond donors (Lipinski definition) is 2. The van der Waals surface area contributed by atoms with Gasteiger partial charge in [0.15, 0.2) is 11.2 Å². The number of carbonyl (C=O) groups is 2. The molecule has 2 aromatic heterocycles. The third kappa shape index (κ3) is 12.3. The number of H-pyrrole nitrogens is 1. The quantitative estimate of drug-likeness (QED) is 0.0455. The van der Waals surface area contributed by atoms with Crippen LogP contribution in [0.5, 0.6) is 11.5 Å². The second-order valence-electron chi connectivity index (χ2n) is 15.8. The Morgan fingerprint density at radius 1 is 0.657 bits per heavy atom. The predicted octanol–water partition coefficient (Wildman–Crippen LogP) is 8.11. The Hall–Kier alpha value is -7.21. The van der Waals surface area contributed by atoms with E-state index in [2.05, 4.69) is 15.0 Å². The lowest BCUT2D eigenvalue weighted by molar-refractivity contribution is -0.146. The lowest BCUT2D eigenvalue weighted by atomic mass is 10.1. The number of esters is 2. The normalized spacial score (nSPS) is 13.8. The number of ether oxygens (including phenoxy) is 3. The molecule has 0 saturated heterocycles. The Kier molecular flexibility index (Phi) is 15.8. The molecule has 19 nitrogen and oxygen atoms in total. The fraction of sp³-hybridized carbons (Fsp3) is 0.204. The lowest BCUT2D eigenvalue weighted by Gasteiger charge is -2.30. The van der Waals surface area contributed by atoms with E-state index in [-0.39, 0.29) is 48.6 Å². The van der Waals surface area contributed by atoms with Gasteiger partial charge in [-0.2, -0.15) is 14.3 Å². The number of benzene rings is 6. The van der Waals surface area contributed by atoms with Crippen LogP contribution in [0.2, 0.25) is 0 Å². The van der Waals surface area contributed by atoms with Gasteiger partial charge in [-0.05, 0) is 48.1 Å². The monoisotopic (exact) mass is 989 g/mol. The van der Waals surface area contributed by atoms with Crippen molar-refractivity contribution in [1.29, 1.82) is 0 Å². The molecule has 0 aliphatic carbocycles. The van der Waals surface area contributed by atoms with Crippen LogP contribution in [-0.4, -0.2) is 87.3 Å². The lowest BCUT2D eigenvalue weighted by Crippen LogP contribution is -2.33. The zero-order chi connectivity index (χ0) is 49.1. The van der Waals surface area contributed by atoms with Crippen molar-refractivity contribution in [3.8, 4) is 11.5 Å². The first-order chi connectivity index (χ1) is 33.9. The smallest absolute Gasteiger partial charge is 0.460 e. The van der Waals surface area contributed by atoms with Gasteiger partial charge in [0.25, 0.3) is 5.56 Å². The molecule has 2 heterocycles. The Bertz CT molecular complexity index is 3070. The van der Waals surface area contributed by atoms with E-state index in [4.69, 9.17) is 38.0 Å². The minimum Gasteiger partial charge on any atom is -0.460 e. The first kappa shape index (κ1) is 49.2. The number of rotatable bonds is 23. The highest BCUT2D eigenvalue weighted by molar-refractivity contribution is 7.52. The highest BCUT2D eigenvalue weighted by Gasteiger charge is 2.39. The molecule has 8 rings (SSSR count). The van der Waals surface area contributed by atoms with Gasteiger partial charge in [0.05, 0.1) is 19.5 Å². The van der Waals surface area contributed by atoms with Crippen LogP contribution in [0, 0.1) is 0 Å². The number of imidazole rings is 1. The van der Waals surface area contributed by atoms with Crippen molar-refractivity contribution in [3.05, 3.63) is 173 Å². The Morgan fingerprint density at radius 2 is 1.11 bits per heavy atom. The van der Waals surface area contributed by atoms with E-state index >= 15 is 9.13 Å². The summed E-state index contributed by atoms with van der Waals surface area (Å²) in [6, 6.07) is 43.1. The van der Waals surface area contributed by atoms with Crippen molar-refractivity contribution >= 4 is 66.1 Å². The number of nitrogens with zero attached hydrogens (tertiary/aromatic N) is 5. The molecule has 21 heteroatoms. The second-order valence-corrected chi connectivity index (χ2v) is 20.0. The molecule has 0 aliphatic rings. The molecule has 0 saturated carbocycles. The van der Waals surface area contributed by atoms with Crippen LogP contribution in [0.1, 0.15) is 11.1 Å². The van der Waals surface area contributed by atoms with E-state index in [9.17, 15) is 14.4 Å². The summed E-state index contributed by atoms with van der Waals surface area (Å²) >= 11 is 0. The molecule has 6 aromatic carbocycles. The molecule has 0 spiro atoms. The van der Waals surface area contributed by atoms with Crippen LogP contribution >= 0.6 is 15.5 Å². The summed E-state index contributed by atoms with van der Waals surface area (Å²) in [7, 11) is -6.36. The summed E-state index contributed by atoms with van der Waals surface area (Å²) in [6.45, 7) is -2.68. The molecule has 0 amide bonds. The minimum atomic E-state index is -4.56. The number of nitrogens with two attached hydrogens (primary N) is 1. The molecule has 3 N–H and O–H groups in total. The molecule has 0 aliphatic heterocycles. The Labute approximate surface area is 401 Å². The largest absolute Gasteiger partial charge is 0.461 e. The number of anilines is 1. The van der Waals surface area contributed by atoms with Crippen LogP contribution in [0.25, 0.3) is 32.7 Å². The topological polar surface area (TPSA) is 229 Å². The molecular formula is C49H49N7O12P2. The maximum absolute atomic E-state index is 15.2. The maximum Gasteiger partial charge on any atom is 0.461 e. The van der Waals surface area contributed by atoms with Crippen LogP contribution in [0.15, 0.2) is 157 Å². The third-order valence-electron chi connectivity index (χ3n) is 10.8. The van der Waals surface area contributed by atoms with Crippen LogP contribution in [-0.2, 0) is 61.9 Å². The minimum absolute atomic E-state index is 0.0237. The Morgan fingerprint density at radius 3 is 1.61 bits per heavy atom. The summed E-state index contributed by atoms with van der Waals surface area (Å²) in [5.41, 5.74) is 6.83. The van der Waals surface area contributed by atoms with Crippen LogP contribution in [0.3, 0.4) is 0 Å².